The number of nitrogens with one attached hydrogen (secondary N) is 1. The van der Waals surface area contributed by atoms with Gasteiger partial charge in [-0.25, -0.2) is 0 Å². The van der Waals surface area contributed by atoms with E-state index in [2.05, 4.69) is 5.32 Å². The number of methoxy groups -OCH3 is 2. The Balaban J connectivity index is 2.69. The van der Waals surface area contributed by atoms with Gasteiger partial charge in [0.15, 0.2) is 0 Å². The van der Waals surface area contributed by atoms with Gasteiger partial charge in [-0.3, -0.25) is 4.79 Å². The maximum atomic E-state index is 12.3. The van der Waals surface area contributed by atoms with Crippen molar-refractivity contribution in [1.82, 2.24) is 0 Å². The molecule has 0 heterocycles. The Morgan fingerprint density at radius 1 is 1.21 bits per heavy atom. The van der Waals surface area contributed by atoms with Crippen LogP contribution in [0, 0.1) is 0 Å². The number of halogens is 1. The number of hydrogen-bond acceptors (Lipinski definition) is 4. The quantitative estimate of drug-likeness (QED) is 0.716. The van der Waals surface area contributed by atoms with Gasteiger partial charge in [0.25, 0.3) is 5.91 Å². The van der Waals surface area contributed by atoms with Crippen LogP contribution in [0.4, 0.5) is 5.69 Å². The minimum Gasteiger partial charge on any atom is -0.492 e. The van der Waals surface area contributed by atoms with E-state index in [0.717, 1.165) is 6.42 Å². The van der Waals surface area contributed by atoms with Crippen molar-refractivity contribution in [2.45, 2.75) is 51.7 Å². The summed E-state index contributed by atoms with van der Waals surface area (Å²) in [5, 5.41) is 3.26. The topological polar surface area (TPSA) is 56.8 Å². The number of hydrogen-bond donors (Lipinski definition) is 1. The maximum Gasteiger partial charge on any atom is 0.256 e. The van der Waals surface area contributed by atoms with Crippen molar-refractivity contribution in [3.8, 4) is 5.75 Å². The molecule has 0 aromatic heterocycles. The van der Waals surface area contributed by atoms with Crippen LogP contribution in [-0.4, -0.2) is 37.9 Å². The summed E-state index contributed by atoms with van der Waals surface area (Å²) in [6.07, 6.45) is 1.31. The van der Waals surface area contributed by atoms with Gasteiger partial charge in [-0.1, -0.05) is 18.5 Å². The Morgan fingerprint density at radius 3 is 2.38 bits per heavy atom. The first kappa shape index (κ1) is 20.7. The van der Waals surface area contributed by atoms with Gasteiger partial charge in [-0.2, -0.15) is 0 Å². The number of carbonyl (C=O) groups is 1. The molecule has 0 radical (unpaired) electrons. The van der Waals surface area contributed by atoms with Gasteiger partial charge in [0.2, 0.25) is 0 Å². The lowest BCUT2D eigenvalue weighted by molar-refractivity contribution is -0.136. The van der Waals surface area contributed by atoms with Crippen LogP contribution in [0.15, 0.2) is 18.2 Å². The standard InChI is InChI=1S/C18H28ClNO4/c1-7-18(4,23-6)16(21)20-13-8-9-15(14(19)12-13)24-11-10-17(2,3)22-5/h8-9,12H,7,10-11H2,1-6H3,(H,20,21)/t18-/m0/s1. The Bertz CT molecular complexity index is 556. The van der Waals surface area contributed by atoms with E-state index in [-0.39, 0.29) is 11.5 Å². The zero-order chi connectivity index (χ0) is 18.4. The molecule has 1 amide bonds. The van der Waals surface area contributed by atoms with Gasteiger partial charge in [0.1, 0.15) is 11.4 Å². The van der Waals surface area contributed by atoms with Gasteiger partial charge < -0.3 is 19.5 Å². The summed E-state index contributed by atoms with van der Waals surface area (Å²) in [5.41, 5.74) is -0.510. The molecule has 5 nitrogen and oxygen atoms in total. The van der Waals surface area contributed by atoms with Crippen LogP contribution < -0.4 is 10.1 Å². The molecule has 0 saturated carbocycles. The summed E-state index contributed by atoms with van der Waals surface area (Å²) in [5.74, 6) is 0.366. The fourth-order valence-corrected chi connectivity index (χ4v) is 2.10. The van der Waals surface area contributed by atoms with E-state index in [0.29, 0.717) is 29.5 Å². The summed E-state index contributed by atoms with van der Waals surface area (Å²) >= 11 is 6.24. The van der Waals surface area contributed by atoms with Gasteiger partial charge in [0, 0.05) is 26.3 Å². The fraction of sp³-hybridized carbons (Fsp3) is 0.611. The molecule has 24 heavy (non-hydrogen) atoms. The van der Waals surface area contributed by atoms with Crippen molar-refractivity contribution in [2.75, 3.05) is 26.1 Å². The van der Waals surface area contributed by atoms with Gasteiger partial charge in [-0.05, 0) is 45.4 Å². The highest BCUT2D eigenvalue weighted by Gasteiger charge is 2.31. The third-order valence-electron chi connectivity index (χ3n) is 4.31. The zero-order valence-corrected chi connectivity index (χ0v) is 16.1. The molecule has 1 atom stereocenters. The smallest absolute Gasteiger partial charge is 0.256 e. The van der Waals surface area contributed by atoms with Crippen LogP contribution in [0.1, 0.15) is 40.5 Å². The third kappa shape index (κ3) is 5.65. The van der Waals surface area contributed by atoms with E-state index in [4.69, 9.17) is 25.8 Å². The average molecular weight is 358 g/mol. The fourth-order valence-electron chi connectivity index (χ4n) is 1.87. The van der Waals surface area contributed by atoms with Gasteiger partial charge in [-0.15, -0.1) is 0 Å². The van der Waals surface area contributed by atoms with E-state index < -0.39 is 5.60 Å². The molecule has 0 saturated heterocycles. The average Bonchev–Trinajstić information content (AvgIpc) is 2.55. The monoisotopic (exact) mass is 357 g/mol. The van der Waals surface area contributed by atoms with Crippen LogP contribution in [0.5, 0.6) is 5.75 Å². The molecular formula is C18H28ClNO4. The molecule has 0 aliphatic rings. The predicted molar refractivity (Wildman–Crippen MR) is 97.0 cm³/mol. The first-order chi connectivity index (χ1) is 11.2. The van der Waals surface area contributed by atoms with Crippen molar-refractivity contribution in [2.24, 2.45) is 0 Å². The number of anilines is 1. The highest BCUT2D eigenvalue weighted by atomic mass is 35.5. The SMILES string of the molecule is CC[C@](C)(OC)C(=O)Nc1ccc(OCCC(C)(C)OC)c(Cl)c1. The number of ether oxygens (including phenoxy) is 3. The van der Waals surface area contributed by atoms with Crippen molar-refractivity contribution in [3.05, 3.63) is 23.2 Å². The van der Waals surface area contributed by atoms with Crippen LogP contribution in [0.3, 0.4) is 0 Å². The number of amides is 1. The summed E-state index contributed by atoms with van der Waals surface area (Å²) < 4.78 is 16.3. The Morgan fingerprint density at radius 2 is 1.88 bits per heavy atom. The maximum absolute atomic E-state index is 12.3. The van der Waals surface area contributed by atoms with Crippen LogP contribution >= 0.6 is 11.6 Å². The van der Waals surface area contributed by atoms with Crippen LogP contribution in [0.25, 0.3) is 0 Å². The van der Waals surface area contributed by atoms with E-state index in [9.17, 15) is 4.79 Å². The highest BCUT2D eigenvalue weighted by molar-refractivity contribution is 6.32. The van der Waals surface area contributed by atoms with Crippen LogP contribution in [0.2, 0.25) is 5.02 Å². The highest BCUT2D eigenvalue weighted by Crippen LogP contribution is 2.29. The molecule has 1 aromatic rings. The normalized spacial score (nSPS) is 14.1. The molecule has 1 aromatic carbocycles. The molecule has 1 N–H and O–H groups in total. The first-order valence-corrected chi connectivity index (χ1v) is 8.39. The van der Waals surface area contributed by atoms with E-state index >= 15 is 0 Å². The minimum absolute atomic E-state index is 0.209. The lowest BCUT2D eigenvalue weighted by Gasteiger charge is -2.25. The zero-order valence-electron chi connectivity index (χ0n) is 15.4. The predicted octanol–water partition coefficient (Wildman–Crippen LogP) is 4.29. The van der Waals surface area contributed by atoms with E-state index in [1.165, 1.54) is 7.11 Å². The molecule has 1 rings (SSSR count). The number of carbonyl (C=O) groups excluding carboxylic acids is 1. The van der Waals surface area contributed by atoms with Gasteiger partial charge in [0.05, 0.1) is 17.2 Å². The molecule has 0 fully saturated rings. The molecule has 0 spiro atoms. The first-order valence-electron chi connectivity index (χ1n) is 8.01. The second-order valence-electron chi connectivity index (χ2n) is 6.45. The lowest BCUT2D eigenvalue weighted by Crippen LogP contribution is -2.41. The number of benzene rings is 1. The molecular weight excluding hydrogens is 330 g/mol. The Kier molecular flexibility index (Phi) is 7.52. The Labute approximate surface area is 149 Å². The van der Waals surface area contributed by atoms with E-state index in [1.807, 2.05) is 20.8 Å². The van der Waals surface area contributed by atoms with Crippen molar-refractivity contribution in [3.63, 3.8) is 0 Å². The summed E-state index contributed by atoms with van der Waals surface area (Å²) in [7, 11) is 3.20. The second-order valence-corrected chi connectivity index (χ2v) is 6.86. The van der Waals surface area contributed by atoms with Crippen molar-refractivity contribution < 1.29 is 19.0 Å². The number of rotatable bonds is 9. The third-order valence-corrected chi connectivity index (χ3v) is 4.60. The molecule has 0 aliphatic carbocycles. The summed E-state index contributed by atoms with van der Waals surface area (Å²) in [4.78, 5) is 12.3. The molecule has 6 heteroatoms. The van der Waals surface area contributed by atoms with Crippen LogP contribution in [-0.2, 0) is 14.3 Å². The Hall–Kier alpha value is -1.30. The summed E-state index contributed by atoms with van der Waals surface area (Å²) in [6, 6.07) is 5.17. The van der Waals surface area contributed by atoms with Crippen molar-refractivity contribution in [1.29, 1.82) is 0 Å². The minimum atomic E-state index is -0.868. The molecule has 0 unspecified atom stereocenters. The molecule has 0 aliphatic heterocycles. The molecule has 0 bridgehead atoms. The second kappa shape index (κ2) is 8.70. The van der Waals surface area contributed by atoms with Crippen molar-refractivity contribution >= 4 is 23.2 Å². The van der Waals surface area contributed by atoms with Gasteiger partial charge >= 0.3 is 0 Å². The van der Waals surface area contributed by atoms with E-state index in [1.54, 1.807) is 32.2 Å². The molecule has 136 valence electrons. The summed E-state index contributed by atoms with van der Waals surface area (Å²) in [6.45, 7) is 8.13. The lowest BCUT2D eigenvalue weighted by atomic mass is 10.0. The largest absolute Gasteiger partial charge is 0.492 e.